The molecule has 3 rings (SSSR count). The van der Waals surface area contributed by atoms with Gasteiger partial charge in [-0.05, 0) is 80.8 Å². The van der Waals surface area contributed by atoms with Crippen LogP contribution in [0.25, 0.3) is 11.3 Å². The molecule has 1 N–H and O–H groups in total. The second-order valence-corrected chi connectivity index (χ2v) is 9.53. The lowest BCUT2D eigenvalue weighted by atomic mass is 9.97. The SMILES string of the molecule is N#Cc1ccccc1-c1ccc(C(=O)CCCCCC(=O)CCCO)c(CCCCc2cccc(F)c2)n1. The number of carbonyl (C=O) groups excluding carboxylic acids is 2. The molecule has 0 spiro atoms. The summed E-state index contributed by atoms with van der Waals surface area (Å²) in [6, 6.07) is 19.7. The largest absolute Gasteiger partial charge is 0.396 e. The Hall–Kier alpha value is -3.69. The Morgan fingerprint density at radius 1 is 0.842 bits per heavy atom. The van der Waals surface area contributed by atoms with E-state index in [1.165, 1.54) is 6.07 Å². The molecule has 0 amide bonds. The predicted octanol–water partition coefficient (Wildman–Crippen LogP) is 6.80. The van der Waals surface area contributed by atoms with Gasteiger partial charge in [0.05, 0.1) is 23.0 Å². The van der Waals surface area contributed by atoms with Crippen LogP contribution in [0.5, 0.6) is 0 Å². The summed E-state index contributed by atoms with van der Waals surface area (Å²) in [5.74, 6) is -0.0527. The van der Waals surface area contributed by atoms with Crippen LogP contribution in [0.3, 0.4) is 0 Å². The fourth-order valence-electron chi connectivity index (χ4n) is 4.53. The highest BCUT2D eigenvalue weighted by Gasteiger charge is 2.16. The average molecular weight is 515 g/mol. The molecule has 5 nitrogen and oxygen atoms in total. The summed E-state index contributed by atoms with van der Waals surface area (Å²) in [4.78, 5) is 29.7. The minimum Gasteiger partial charge on any atom is -0.396 e. The van der Waals surface area contributed by atoms with Gasteiger partial charge in [0.15, 0.2) is 5.78 Å². The van der Waals surface area contributed by atoms with Gasteiger partial charge in [0.1, 0.15) is 11.6 Å². The first-order chi connectivity index (χ1) is 18.5. The molecule has 0 bridgehead atoms. The van der Waals surface area contributed by atoms with E-state index in [2.05, 4.69) is 6.07 Å². The minimum atomic E-state index is -0.240. The number of aliphatic hydroxyl groups is 1. The van der Waals surface area contributed by atoms with Gasteiger partial charge < -0.3 is 5.11 Å². The van der Waals surface area contributed by atoms with Gasteiger partial charge in [0.2, 0.25) is 0 Å². The van der Waals surface area contributed by atoms with Crippen molar-refractivity contribution in [1.82, 2.24) is 4.98 Å². The minimum absolute atomic E-state index is 0.0301. The Labute approximate surface area is 224 Å². The van der Waals surface area contributed by atoms with Crippen molar-refractivity contribution in [3.63, 3.8) is 0 Å². The Balaban J connectivity index is 1.66. The zero-order valence-corrected chi connectivity index (χ0v) is 21.8. The number of benzene rings is 2. The third-order valence-electron chi connectivity index (χ3n) is 6.59. The Kier molecular flexibility index (Phi) is 11.8. The first-order valence-electron chi connectivity index (χ1n) is 13.4. The second-order valence-electron chi connectivity index (χ2n) is 9.53. The van der Waals surface area contributed by atoms with E-state index < -0.39 is 0 Å². The maximum Gasteiger partial charge on any atom is 0.164 e. The number of aryl methyl sites for hydroxylation is 2. The van der Waals surface area contributed by atoms with Crippen molar-refractivity contribution < 1.29 is 19.1 Å². The highest BCUT2D eigenvalue weighted by atomic mass is 19.1. The Morgan fingerprint density at radius 3 is 2.39 bits per heavy atom. The lowest BCUT2D eigenvalue weighted by Gasteiger charge is -2.12. The van der Waals surface area contributed by atoms with Gasteiger partial charge in [-0.3, -0.25) is 14.6 Å². The molecule has 0 unspecified atom stereocenters. The molecule has 0 aliphatic rings. The molecule has 3 aromatic rings. The zero-order chi connectivity index (χ0) is 27.2. The van der Waals surface area contributed by atoms with Crippen LogP contribution in [0.2, 0.25) is 0 Å². The number of halogens is 1. The van der Waals surface area contributed by atoms with E-state index >= 15 is 0 Å². The van der Waals surface area contributed by atoms with Crippen molar-refractivity contribution >= 4 is 11.6 Å². The van der Waals surface area contributed by atoms with Crippen molar-refractivity contribution in [3.05, 3.63) is 88.9 Å². The topological polar surface area (TPSA) is 91.0 Å². The molecule has 0 saturated carbocycles. The molecule has 38 heavy (non-hydrogen) atoms. The van der Waals surface area contributed by atoms with E-state index in [1.807, 2.05) is 30.3 Å². The number of Topliss-reactive ketones (excluding diaryl/α,β-unsaturated/α-hetero) is 2. The smallest absolute Gasteiger partial charge is 0.164 e. The van der Waals surface area contributed by atoms with Gasteiger partial charge in [0, 0.05) is 37.0 Å². The highest BCUT2D eigenvalue weighted by Crippen LogP contribution is 2.25. The number of pyridine rings is 1. The summed E-state index contributed by atoms with van der Waals surface area (Å²) in [5, 5.41) is 18.4. The van der Waals surface area contributed by atoms with Crippen LogP contribution >= 0.6 is 0 Å². The van der Waals surface area contributed by atoms with E-state index in [0.29, 0.717) is 55.3 Å². The molecule has 0 atom stereocenters. The van der Waals surface area contributed by atoms with Crippen LogP contribution in [-0.2, 0) is 17.6 Å². The molecule has 0 fully saturated rings. The standard InChI is InChI=1S/C32H35FN2O3/c33-26-13-8-11-24(22-26)10-4-7-17-30-29(32(38)18-3-1-2-14-27(37)15-9-21-36)19-20-31(35-30)28-16-6-5-12-25(28)23-34/h5-6,8,11-13,16,19-20,22,36H,1-4,7,9-10,14-15,17-18,21H2. The van der Waals surface area contributed by atoms with E-state index in [4.69, 9.17) is 10.1 Å². The first kappa shape index (κ1) is 28.9. The zero-order valence-electron chi connectivity index (χ0n) is 21.8. The Morgan fingerprint density at radius 2 is 1.61 bits per heavy atom. The number of carbonyl (C=O) groups is 2. The number of rotatable bonds is 16. The van der Waals surface area contributed by atoms with Gasteiger partial charge in [-0.2, -0.15) is 5.26 Å². The summed E-state index contributed by atoms with van der Waals surface area (Å²) in [6.45, 7) is 0.0301. The number of ketones is 2. The summed E-state index contributed by atoms with van der Waals surface area (Å²) in [7, 11) is 0. The van der Waals surface area contributed by atoms with Crippen molar-refractivity contribution in [1.29, 1.82) is 5.26 Å². The van der Waals surface area contributed by atoms with Gasteiger partial charge in [-0.15, -0.1) is 0 Å². The van der Waals surface area contributed by atoms with Crippen LogP contribution in [0.4, 0.5) is 4.39 Å². The lowest BCUT2D eigenvalue weighted by molar-refractivity contribution is -0.119. The molecule has 1 aromatic heterocycles. The number of aliphatic hydroxyl groups excluding tert-OH is 1. The predicted molar refractivity (Wildman–Crippen MR) is 146 cm³/mol. The normalized spacial score (nSPS) is 10.8. The average Bonchev–Trinajstić information content (AvgIpc) is 2.93. The number of hydrogen-bond acceptors (Lipinski definition) is 5. The van der Waals surface area contributed by atoms with Crippen LogP contribution < -0.4 is 0 Å². The third-order valence-corrected chi connectivity index (χ3v) is 6.59. The molecule has 198 valence electrons. The third kappa shape index (κ3) is 9.00. The molecular weight excluding hydrogens is 479 g/mol. The molecule has 0 aliphatic heterocycles. The molecule has 2 aromatic carbocycles. The maximum atomic E-state index is 13.5. The van der Waals surface area contributed by atoms with Crippen LogP contribution in [0, 0.1) is 17.1 Å². The van der Waals surface area contributed by atoms with Gasteiger partial charge >= 0.3 is 0 Å². The number of nitrogens with zero attached hydrogens (tertiary/aromatic N) is 2. The highest BCUT2D eigenvalue weighted by molar-refractivity contribution is 5.97. The molecule has 1 heterocycles. The molecular formula is C32H35FN2O3. The monoisotopic (exact) mass is 514 g/mol. The van der Waals surface area contributed by atoms with Gasteiger partial charge in [-0.1, -0.05) is 36.8 Å². The molecule has 0 aliphatic carbocycles. The quantitative estimate of drug-likeness (QED) is 0.168. The first-order valence-corrected chi connectivity index (χ1v) is 13.4. The number of aromatic nitrogens is 1. The van der Waals surface area contributed by atoms with Crippen molar-refractivity contribution in [2.75, 3.05) is 6.61 Å². The van der Waals surface area contributed by atoms with E-state index in [9.17, 15) is 19.2 Å². The van der Waals surface area contributed by atoms with Crippen molar-refractivity contribution in [3.8, 4) is 17.3 Å². The number of hydrogen-bond donors (Lipinski definition) is 1. The fraction of sp³-hybridized carbons (Fsp3) is 0.375. The van der Waals surface area contributed by atoms with Crippen molar-refractivity contribution in [2.24, 2.45) is 0 Å². The van der Waals surface area contributed by atoms with Crippen molar-refractivity contribution in [2.45, 2.75) is 70.6 Å². The van der Waals surface area contributed by atoms with Crippen LogP contribution in [-0.4, -0.2) is 28.3 Å². The summed E-state index contributed by atoms with van der Waals surface area (Å²) in [6.07, 6.45) is 7.00. The Bertz CT molecular complexity index is 1270. The summed E-state index contributed by atoms with van der Waals surface area (Å²) < 4.78 is 13.5. The van der Waals surface area contributed by atoms with Crippen LogP contribution in [0.1, 0.15) is 85.0 Å². The van der Waals surface area contributed by atoms with Crippen LogP contribution in [0.15, 0.2) is 60.7 Å². The second kappa shape index (κ2) is 15.5. The molecule has 0 saturated heterocycles. The number of unbranched alkanes of at least 4 members (excludes halogenated alkanes) is 3. The van der Waals surface area contributed by atoms with E-state index in [-0.39, 0.29) is 24.0 Å². The lowest BCUT2D eigenvalue weighted by Crippen LogP contribution is -2.08. The maximum absolute atomic E-state index is 13.5. The summed E-state index contributed by atoms with van der Waals surface area (Å²) >= 11 is 0. The molecule has 0 radical (unpaired) electrons. The summed E-state index contributed by atoms with van der Waals surface area (Å²) in [5.41, 5.74) is 4.21. The van der Waals surface area contributed by atoms with E-state index in [0.717, 1.165) is 48.9 Å². The van der Waals surface area contributed by atoms with Gasteiger partial charge in [0.25, 0.3) is 0 Å². The van der Waals surface area contributed by atoms with Gasteiger partial charge in [-0.25, -0.2) is 4.39 Å². The molecule has 6 heteroatoms. The number of nitriles is 1. The van der Waals surface area contributed by atoms with E-state index in [1.54, 1.807) is 24.3 Å². The fourth-order valence-corrected chi connectivity index (χ4v) is 4.53.